The number of rotatable bonds is 4. The maximum Gasteiger partial charge on any atom is 0.325 e. The van der Waals surface area contributed by atoms with Crippen LogP contribution in [0, 0.1) is 12.7 Å². The standard InChI is InChI=1S/C17H16FN3O4/c1-10-5-6-12(11(18)8-10)19-14(22)9-21-15(23)17(2,20-16(21)24)13-4-3-7-25-13/h3-8H,9H2,1-2H3,(H,19,22)(H,20,24)/t17-/m0/s1. The maximum atomic E-state index is 13.8. The third-order valence-electron chi connectivity index (χ3n) is 3.99. The van der Waals surface area contributed by atoms with Crippen LogP contribution in [0.4, 0.5) is 14.9 Å². The van der Waals surface area contributed by atoms with E-state index in [1.54, 1.807) is 25.1 Å². The fourth-order valence-electron chi connectivity index (χ4n) is 2.63. The average molecular weight is 345 g/mol. The zero-order chi connectivity index (χ0) is 18.2. The van der Waals surface area contributed by atoms with Gasteiger partial charge in [-0.05, 0) is 43.7 Å². The minimum absolute atomic E-state index is 0.0172. The number of amides is 4. The van der Waals surface area contributed by atoms with Gasteiger partial charge < -0.3 is 15.1 Å². The Balaban J connectivity index is 1.73. The predicted octanol–water partition coefficient (Wildman–Crippen LogP) is 2.13. The molecule has 0 saturated carbocycles. The van der Waals surface area contributed by atoms with E-state index in [1.165, 1.54) is 25.3 Å². The highest BCUT2D eigenvalue weighted by atomic mass is 19.1. The highest BCUT2D eigenvalue weighted by Gasteiger charge is 2.51. The van der Waals surface area contributed by atoms with Crippen LogP contribution in [0.5, 0.6) is 0 Å². The maximum absolute atomic E-state index is 13.8. The van der Waals surface area contributed by atoms with Crippen molar-refractivity contribution in [3.05, 3.63) is 53.7 Å². The minimum Gasteiger partial charge on any atom is -0.466 e. The second kappa shape index (κ2) is 6.04. The number of furan rings is 1. The first-order valence-corrected chi connectivity index (χ1v) is 7.55. The molecule has 0 bridgehead atoms. The Morgan fingerprint density at radius 3 is 2.76 bits per heavy atom. The summed E-state index contributed by atoms with van der Waals surface area (Å²) in [5, 5.41) is 4.87. The molecule has 25 heavy (non-hydrogen) atoms. The Hall–Kier alpha value is -3.16. The molecule has 1 aliphatic heterocycles. The lowest BCUT2D eigenvalue weighted by Crippen LogP contribution is -2.41. The first-order chi connectivity index (χ1) is 11.8. The lowest BCUT2D eigenvalue weighted by Gasteiger charge is -2.18. The van der Waals surface area contributed by atoms with Gasteiger partial charge in [0.2, 0.25) is 5.91 Å². The molecule has 1 aromatic carbocycles. The van der Waals surface area contributed by atoms with Crippen LogP contribution in [0.15, 0.2) is 41.0 Å². The Kier molecular flexibility index (Phi) is 4.03. The van der Waals surface area contributed by atoms with Gasteiger partial charge in [0.25, 0.3) is 5.91 Å². The fraction of sp³-hybridized carbons (Fsp3) is 0.235. The van der Waals surface area contributed by atoms with Gasteiger partial charge in [0, 0.05) is 0 Å². The number of imide groups is 1. The van der Waals surface area contributed by atoms with Gasteiger partial charge in [0.1, 0.15) is 18.1 Å². The zero-order valence-corrected chi connectivity index (χ0v) is 13.6. The third-order valence-corrected chi connectivity index (χ3v) is 3.99. The number of halogens is 1. The Morgan fingerprint density at radius 1 is 1.36 bits per heavy atom. The second-order valence-corrected chi connectivity index (χ2v) is 5.96. The van der Waals surface area contributed by atoms with Crippen molar-refractivity contribution in [2.75, 3.05) is 11.9 Å². The van der Waals surface area contributed by atoms with E-state index in [2.05, 4.69) is 10.6 Å². The van der Waals surface area contributed by atoms with Crippen molar-refractivity contribution in [1.82, 2.24) is 10.2 Å². The van der Waals surface area contributed by atoms with Gasteiger partial charge in [0.15, 0.2) is 5.54 Å². The minimum atomic E-state index is -1.38. The van der Waals surface area contributed by atoms with Crippen LogP contribution in [0.25, 0.3) is 0 Å². The highest BCUT2D eigenvalue weighted by Crippen LogP contribution is 2.29. The summed E-state index contributed by atoms with van der Waals surface area (Å²) in [6, 6.07) is 6.77. The number of aryl methyl sites for hydroxylation is 1. The topological polar surface area (TPSA) is 91.7 Å². The van der Waals surface area contributed by atoms with Crippen molar-refractivity contribution in [2.45, 2.75) is 19.4 Å². The molecule has 4 amide bonds. The molecule has 0 aliphatic carbocycles. The van der Waals surface area contributed by atoms with Crippen LogP contribution in [-0.2, 0) is 15.1 Å². The van der Waals surface area contributed by atoms with Crippen LogP contribution >= 0.6 is 0 Å². The molecular weight excluding hydrogens is 329 g/mol. The molecular formula is C17H16FN3O4. The van der Waals surface area contributed by atoms with Crippen molar-refractivity contribution >= 4 is 23.5 Å². The fourth-order valence-corrected chi connectivity index (χ4v) is 2.63. The summed E-state index contributed by atoms with van der Waals surface area (Å²) in [5.41, 5.74) is -0.689. The van der Waals surface area contributed by atoms with Crippen LogP contribution < -0.4 is 10.6 Å². The van der Waals surface area contributed by atoms with Crippen molar-refractivity contribution < 1.29 is 23.2 Å². The van der Waals surface area contributed by atoms with Crippen LogP contribution in [0.1, 0.15) is 18.2 Å². The smallest absolute Gasteiger partial charge is 0.325 e. The predicted molar refractivity (Wildman–Crippen MR) is 86.1 cm³/mol. The molecule has 3 rings (SSSR count). The van der Waals surface area contributed by atoms with Crippen LogP contribution in [0.2, 0.25) is 0 Å². The van der Waals surface area contributed by atoms with Crippen molar-refractivity contribution in [2.24, 2.45) is 0 Å². The molecule has 2 N–H and O–H groups in total. The second-order valence-electron chi connectivity index (χ2n) is 5.96. The zero-order valence-electron chi connectivity index (χ0n) is 13.6. The molecule has 130 valence electrons. The number of nitrogens with zero attached hydrogens (tertiary/aromatic N) is 1. The van der Waals surface area contributed by atoms with Crippen molar-refractivity contribution in [1.29, 1.82) is 0 Å². The van der Waals surface area contributed by atoms with E-state index in [0.717, 1.165) is 4.90 Å². The van der Waals surface area contributed by atoms with E-state index in [0.29, 0.717) is 5.56 Å². The summed E-state index contributed by atoms with van der Waals surface area (Å²) in [4.78, 5) is 37.5. The van der Waals surface area contributed by atoms with E-state index >= 15 is 0 Å². The number of nitrogens with one attached hydrogen (secondary N) is 2. The molecule has 0 spiro atoms. The number of urea groups is 1. The summed E-state index contributed by atoms with van der Waals surface area (Å²) in [6.07, 6.45) is 1.38. The van der Waals surface area contributed by atoms with Gasteiger partial charge in [-0.1, -0.05) is 6.07 Å². The molecule has 2 aromatic rings. The Labute approximate surface area is 142 Å². The summed E-state index contributed by atoms with van der Waals surface area (Å²) < 4.78 is 19.0. The third kappa shape index (κ3) is 2.98. The molecule has 1 aliphatic rings. The first kappa shape index (κ1) is 16.7. The van der Waals surface area contributed by atoms with E-state index in [-0.39, 0.29) is 11.4 Å². The number of hydrogen-bond donors (Lipinski definition) is 2. The monoisotopic (exact) mass is 345 g/mol. The van der Waals surface area contributed by atoms with E-state index < -0.39 is 35.7 Å². The van der Waals surface area contributed by atoms with Gasteiger partial charge in [-0.3, -0.25) is 14.5 Å². The first-order valence-electron chi connectivity index (χ1n) is 7.55. The molecule has 2 heterocycles. The SMILES string of the molecule is Cc1ccc(NC(=O)CN2C(=O)N[C@@](C)(c3ccco3)C2=O)c(F)c1. The summed E-state index contributed by atoms with van der Waals surface area (Å²) in [6.45, 7) is 2.68. The lowest BCUT2D eigenvalue weighted by atomic mass is 9.99. The molecule has 1 saturated heterocycles. The van der Waals surface area contributed by atoms with Crippen molar-refractivity contribution in [3.8, 4) is 0 Å². The number of carbonyl (C=O) groups is 3. The summed E-state index contributed by atoms with van der Waals surface area (Å²) in [5.74, 6) is -1.63. The number of benzene rings is 1. The van der Waals surface area contributed by atoms with Gasteiger partial charge in [-0.15, -0.1) is 0 Å². The van der Waals surface area contributed by atoms with Gasteiger partial charge in [0.05, 0.1) is 12.0 Å². The largest absolute Gasteiger partial charge is 0.466 e. The molecule has 8 heteroatoms. The average Bonchev–Trinajstić information content (AvgIpc) is 3.15. The van der Waals surface area contributed by atoms with Gasteiger partial charge in [-0.2, -0.15) is 0 Å². The lowest BCUT2D eigenvalue weighted by molar-refractivity contribution is -0.134. The number of carbonyl (C=O) groups excluding carboxylic acids is 3. The van der Waals surface area contributed by atoms with E-state index in [4.69, 9.17) is 4.42 Å². The van der Waals surface area contributed by atoms with Crippen LogP contribution in [0.3, 0.4) is 0 Å². The van der Waals surface area contributed by atoms with Crippen LogP contribution in [-0.4, -0.2) is 29.3 Å². The Bertz CT molecular complexity index is 850. The molecule has 0 radical (unpaired) electrons. The quantitative estimate of drug-likeness (QED) is 0.831. The highest BCUT2D eigenvalue weighted by molar-refractivity contribution is 6.10. The van der Waals surface area contributed by atoms with Gasteiger partial charge >= 0.3 is 6.03 Å². The number of anilines is 1. The molecule has 0 unspecified atom stereocenters. The number of hydrogen-bond acceptors (Lipinski definition) is 4. The van der Waals surface area contributed by atoms with Gasteiger partial charge in [-0.25, -0.2) is 9.18 Å². The Morgan fingerprint density at radius 2 is 2.12 bits per heavy atom. The summed E-state index contributed by atoms with van der Waals surface area (Å²) in [7, 11) is 0. The van der Waals surface area contributed by atoms with E-state index in [1.807, 2.05) is 0 Å². The molecule has 1 fully saturated rings. The summed E-state index contributed by atoms with van der Waals surface area (Å²) >= 11 is 0. The molecule has 7 nitrogen and oxygen atoms in total. The van der Waals surface area contributed by atoms with E-state index in [9.17, 15) is 18.8 Å². The normalized spacial score (nSPS) is 19.9. The molecule has 1 aromatic heterocycles. The molecule has 1 atom stereocenters. The van der Waals surface area contributed by atoms with Crippen molar-refractivity contribution in [3.63, 3.8) is 0 Å².